The monoisotopic (exact) mass is 252 g/mol. The van der Waals surface area contributed by atoms with Gasteiger partial charge < -0.3 is 10.2 Å². The summed E-state index contributed by atoms with van der Waals surface area (Å²) in [5.74, 6) is 1.13. The maximum Gasteiger partial charge on any atom is 0.239 e. The number of piperidine rings is 1. The molecule has 0 aromatic carbocycles. The molecule has 1 saturated carbocycles. The predicted molar refractivity (Wildman–Crippen MR) is 74.5 cm³/mol. The van der Waals surface area contributed by atoms with Gasteiger partial charge in [0.05, 0.1) is 6.04 Å². The quantitative estimate of drug-likeness (QED) is 0.815. The molecule has 0 aromatic rings. The molecular weight excluding hydrogens is 224 g/mol. The number of carbonyl (C=O) groups excluding carboxylic acids is 1. The first kappa shape index (κ1) is 13.9. The van der Waals surface area contributed by atoms with Gasteiger partial charge in [-0.25, -0.2) is 0 Å². The van der Waals surface area contributed by atoms with E-state index in [2.05, 4.69) is 17.1 Å². The summed E-state index contributed by atoms with van der Waals surface area (Å²) in [6.45, 7) is 5.12. The average Bonchev–Trinajstić information content (AvgIpc) is 2.41. The third-order valence-electron chi connectivity index (χ3n) is 4.37. The van der Waals surface area contributed by atoms with E-state index in [4.69, 9.17) is 0 Å². The van der Waals surface area contributed by atoms with Gasteiger partial charge in [0.1, 0.15) is 0 Å². The Balaban J connectivity index is 1.81. The van der Waals surface area contributed by atoms with Gasteiger partial charge in [0.2, 0.25) is 5.91 Å². The van der Waals surface area contributed by atoms with Gasteiger partial charge in [0.25, 0.3) is 0 Å². The smallest absolute Gasteiger partial charge is 0.239 e. The fourth-order valence-corrected chi connectivity index (χ4v) is 3.31. The van der Waals surface area contributed by atoms with Crippen molar-refractivity contribution in [2.24, 2.45) is 5.92 Å². The van der Waals surface area contributed by atoms with Gasteiger partial charge in [-0.3, -0.25) is 4.79 Å². The fraction of sp³-hybridized carbons (Fsp3) is 0.933. The summed E-state index contributed by atoms with van der Waals surface area (Å²) in [7, 11) is 0. The standard InChI is InChI=1S/C15H28N2O/c1-2-10-16-14-9-6-11-17(15(14)18)12-13-7-4-3-5-8-13/h13-14,16H,2-12H2,1H3. The molecule has 0 aromatic heterocycles. The molecule has 1 heterocycles. The topological polar surface area (TPSA) is 32.3 Å². The number of nitrogens with zero attached hydrogens (tertiary/aromatic N) is 1. The lowest BCUT2D eigenvalue weighted by Crippen LogP contribution is -2.52. The van der Waals surface area contributed by atoms with Crippen molar-refractivity contribution in [3.05, 3.63) is 0 Å². The first-order chi connectivity index (χ1) is 8.81. The summed E-state index contributed by atoms with van der Waals surface area (Å²) in [4.78, 5) is 14.5. The molecule has 0 spiro atoms. The van der Waals surface area contributed by atoms with Gasteiger partial charge in [-0.15, -0.1) is 0 Å². The van der Waals surface area contributed by atoms with Crippen LogP contribution in [0, 0.1) is 5.92 Å². The summed E-state index contributed by atoms with van der Waals surface area (Å²) in [6.07, 6.45) is 10.1. The molecule has 0 bridgehead atoms. The highest BCUT2D eigenvalue weighted by atomic mass is 16.2. The Morgan fingerprint density at radius 1 is 1.17 bits per heavy atom. The van der Waals surface area contributed by atoms with E-state index >= 15 is 0 Å². The van der Waals surface area contributed by atoms with Crippen LogP contribution in [-0.2, 0) is 4.79 Å². The Morgan fingerprint density at radius 2 is 1.94 bits per heavy atom. The van der Waals surface area contributed by atoms with Crippen molar-refractivity contribution in [3.8, 4) is 0 Å². The van der Waals surface area contributed by atoms with Crippen LogP contribution in [0.4, 0.5) is 0 Å². The molecule has 3 heteroatoms. The predicted octanol–water partition coefficient (Wildman–Crippen LogP) is 2.56. The summed E-state index contributed by atoms with van der Waals surface area (Å²) >= 11 is 0. The van der Waals surface area contributed by atoms with Gasteiger partial charge in [-0.05, 0) is 44.6 Å². The van der Waals surface area contributed by atoms with E-state index in [9.17, 15) is 4.79 Å². The largest absolute Gasteiger partial charge is 0.341 e. The van der Waals surface area contributed by atoms with E-state index in [-0.39, 0.29) is 6.04 Å². The summed E-state index contributed by atoms with van der Waals surface area (Å²) < 4.78 is 0. The number of amides is 1. The van der Waals surface area contributed by atoms with E-state index in [1.54, 1.807) is 0 Å². The third-order valence-corrected chi connectivity index (χ3v) is 4.37. The van der Waals surface area contributed by atoms with Crippen molar-refractivity contribution < 1.29 is 4.79 Å². The van der Waals surface area contributed by atoms with Crippen LogP contribution >= 0.6 is 0 Å². The van der Waals surface area contributed by atoms with Gasteiger partial charge in [0, 0.05) is 13.1 Å². The van der Waals surface area contributed by atoms with Crippen LogP contribution in [0.25, 0.3) is 0 Å². The van der Waals surface area contributed by atoms with E-state index in [0.29, 0.717) is 5.91 Å². The van der Waals surface area contributed by atoms with Crippen molar-refractivity contribution >= 4 is 5.91 Å². The lowest BCUT2D eigenvalue weighted by Gasteiger charge is -2.36. The molecule has 104 valence electrons. The molecule has 1 atom stereocenters. The number of hydrogen-bond donors (Lipinski definition) is 1. The summed E-state index contributed by atoms with van der Waals surface area (Å²) in [5.41, 5.74) is 0. The maximum absolute atomic E-state index is 12.4. The van der Waals surface area contributed by atoms with Crippen molar-refractivity contribution in [1.82, 2.24) is 10.2 Å². The second-order valence-corrected chi connectivity index (χ2v) is 5.94. The minimum Gasteiger partial charge on any atom is -0.341 e. The molecule has 0 radical (unpaired) electrons. The Bertz CT molecular complexity index is 261. The Labute approximate surface area is 111 Å². The van der Waals surface area contributed by atoms with Gasteiger partial charge in [-0.2, -0.15) is 0 Å². The number of nitrogens with one attached hydrogen (secondary N) is 1. The number of likely N-dealkylation sites (tertiary alicyclic amines) is 1. The first-order valence-electron chi connectivity index (χ1n) is 7.83. The Kier molecular flexibility index (Phi) is 5.48. The SMILES string of the molecule is CCCNC1CCCN(CC2CCCCC2)C1=O. The van der Waals surface area contributed by atoms with Gasteiger partial charge in [-0.1, -0.05) is 26.2 Å². The lowest BCUT2D eigenvalue weighted by atomic mass is 9.88. The van der Waals surface area contributed by atoms with E-state index < -0.39 is 0 Å². The van der Waals surface area contributed by atoms with Crippen LogP contribution in [0.3, 0.4) is 0 Å². The van der Waals surface area contributed by atoms with Crippen LogP contribution in [0.2, 0.25) is 0 Å². The van der Waals surface area contributed by atoms with E-state index in [1.807, 2.05) is 0 Å². The van der Waals surface area contributed by atoms with Crippen molar-refractivity contribution in [2.45, 2.75) is 64.3 Å². The van der Waals surface area contributed by atoms with Gasteiger partial charge in [0.15, 0.2) is 0 Å². The summed E-state index contributed by atoms with van der Waals surface area (Å²) in [5, 5.41) is 3.40. The second-order valence-electron chi connectivity index (χ2n) is 5.94. The fourth-order valence-electron chi connectivity index (χ4n) is 3.31. The molecule has 1 N–H and O–H groups in total. The minimum atomic E-state index is 0.0993. The third kappa shape index (κ3) is 3.71. The Morgan fingerprint density at radius 3 is 2.67 bits per heavy atom. The Hall–Kier alpha value is -0.570. The molecule has 1 aliphatic heterocycles. The van der Waals surface area contributed by atoms with Crippen LogP contribution in [0.5, 0.6) is 0 Å². The molecule has 1 aliphatic carbocycles. The number of carbonyl (C=O) groups is 1. The zero-order valence-corrected chi connectivity index (χ0v) is 11.8. The van der Waals surface area contributed by atoms with Crippen molar-refractivity contribution in [3.63, 3.8) is 0 Å². The average molecular weight is 252 g/mol. The van der Waals surface area contributed by atoms with Crippen LogP contribution < -0.4 is 5.32 Å². The van der Waals surface area contributed by atoms with Crippen LogP contribution in [-0.4, -0.2) is 36.5 Å². The lowest BCUT2D eigenvalue weighted by molar-refractivity contribution is -0.136. The molecule has 2 rings (SSSR count). The molecule has 18 heavy (non-hydrogen) atoms. The molecule has 2 aliphatic rings. The minimum absolute atomic E-state index is 0.0993. The van der Waals surface area contributed by atoms with Crippen LogP contribution in [0.1, 0.15) is 58.3 Å². The highest BCUT2D eigenvalue weighted by Crippen LogP contribution is 2.25. The van der Waals surface area contributed by atoms with E-state index in [0.717, 1.165) is 38.4 Å². The molecule has 2 fully saturated rings. The van der Waals surface area contributed by atoms with Crippen LogP contribution in [0.15, 0.2) is 0 Å². The zero-order chi connectivity index (χ0) is 12.8. The van der Waals surface area contributed by atoms with Crippen molar-refractivity contribution in [2.75, 3.05) is 19.6 Å². The second kappa shape index (κ2) is 7.13. The van der Waals surface area contributed by atoms with Crippen molar-refractivity contribution in [1.29, 1.82) is 0 Å². The molecular formula is C15H28N2O. The zero-order valence-electron chi connectivity index (χ0n) is 11.8. The number of rotatable bonds is 5. The number of hydrogen-bond acceptors (Lipinski definition) is 2. The van der Waals surface area contributed by atoms with Gasteiger partial charge >= 0.3 is 0 Å². The molecule has 1 saturated heterocycles. The molecule has 1 amide bonds. The van der Waals surface area contributed by atoms with E-state index in [1.165, 1.54) is 38.5 Å². The molecule has 3 nitrogen and oxygen atoms in total. The maximum atomic E-state index is 12.4. The highest BCUT2D eigenvalue weighted by molar-refractivity contribution is 5.82. The normalized spacial score (nSPS) is 26.6. The molecule has 1 unspecified atom stereocenters. The highest BCUT2D eigenvalue weighted by Gasteiger charge is 2.29. The summed E-state index contributed by atoms with van der Waals surface area (Å²) in [6, 6.07) is 0.0993. The first-order valence-corrected chi connectivity index (χ1v) is 7.83.